The summed E-state index contributed by atoms with van der Waals surface area (Å²) in [5, 5.41) is 6.60. The van der Waals surface area contributed by atoms with Crippen molar-refractivity contribution in [2.75, 3.05) is 10.6 Å². The molecule has 5 heteroatoms. The monoisotopic (exact) mass is 358 g/mol. The van der Waals surface area contributed by atoms with E-state index in [1.165, 1.54) is 0 Å². The Labute approximate surface area is 158 Å². The Hall–Kier alpha value is -3.21. The molecule has 0 bridgehead atoms. The first-order chi connectivity index (χ1) is 13.1. The van der Waals surface area contributed by atoms with Gasteiger partial charge in [-0.1, -0.05) is 24.3 Å². The third-order valence-electron chi connectivity index (χ3n) is 4.64. The van der Waals surface area contributed by atoms with Gasteiger partial charge in [0, 0.05) is 17.8 Å². The lowest BCUT2D eigenvalue weighted by Gasteiger charge is -2.19. The average molecular weight is 358 g/mol. The number of benzene rings is 2. The number of rotatable bonds is 4. The van der Waals surface area contributed by atoms with Crippen molar-refractivity contribution in [2.45, 2.75) is 33.1 Å². The van der Waals surface area contributed by atoms with Crippen molar-refractivity contribution in [1.29, 1.82) is 0 Å². The molecule has 1 aromatic heterocycles. The Kier molecular flexibility index (Phi) is 4.59. The fourth-order valence-electron chi connectivity index (χ4n) is 3.38. The van der Waals surface area contributed by atoms with Gasteiger partial charge in [0.25, 0.3) is 0 Å². The summed E-state index contributed by atoms with van der Waals surface area (Å²) in [6.45, 7) is 4.08. The third-order valence-corrected chi connectivity index (χ3v) is 4.64. The minimum Gasteiger partial charge on any atom is -0.339 e. The highest BCUT2D eigenvalue weighted by atomic mass is 16.1. The van der Waals surface area contributed by atoms with Crippen molar-refractivity contribution in [1.82, 2.24) is 9.97 Å². The molecule has 0 aliphatic heterocycles. The van der Waals surface area contributed by atoms with E-state index in [4.69, 9.17) is 0 Å². The van der Waals surface area contributed by atoms with Crippen molar-refractivity contribution in [3.63, 3.8) is 0 Å². The number of carbonyl (C=O) groups is 1. The smallest absolute Gasteiger partial charge is 0.229 e. The molecule has 136 valence electrons. The molecule has 0 saturated carbocycles. The Morgan fingerprint density at radius 3 is 2.19 bits per heavy atom. The van der Waals surface area contributed by atoms with Gasteiger partial charge in [-0.25, -0.2) is 4.98 Å². The van der Waals surface area contributed by atoms with Crippen LogP contribution in [0.25, 0.3) is 0 Å². The highest BCUT2D eigenvalue weighted by molar-refractivity contribution is 6.03. The van der Waals surface area contributed by atoms with Gasteiger partial charge in [-0.15, -0.1) is 0 Å². The molecular weight excluding hydrogens is 336 g/mol. The van der Waals surface area contributed by atoms with Gasteiger partial charge in [-0.3, -0.25) is 4.79 Å². The van der Waals surface area contributed by atoms with Crippen LogP contribution in [0.1, 0.15) is 40.0 Å². The molecule has 0 amide bonds. The number of hydrogen-bond donors (Lipinski definition) is 2. The molecule has 2 N–H and O–H groups in total. The molecule has 0 atom stereocenters. The average Bonchev–Trinajstić information content (AvgIpc) is 2.61. The lowest BCUT2D eigenvalue weighted by atomic mass is 9.95. The second-order valence-electron chi connectivity index (χ2n) is 6.98. The second-order valence-corrected chi connectivity index (χ2v) is 6.98. The van der Waals surface area contributed by atoms with Gasteiger partial charge in [0.1, 0.15) is 5.82 Å². The van der Waals surface area contributed by atoms with Crippen LogP contribution in [0.5, 0.6) is 0 Å². The fraction of sp³-hybridized carbons (Fsp3) is 0.227. The number of nitrogens with one attached hydrogen (secondary N) is 2. The summed E-state index contributed by atoms with van der Waals surface area (Å²) in [5.74, 6) is 1.18. The van der Waals surface area contributed by atoms with E-state index in [-0.39, 0.29) is 5.78 Å². The molecule has 5 nitrogen and oxygen atoms in total. The summed E-state index contributed by atoms with van der Waals surface area (Å²) >= 11 is 0. The van der Waals surface area contributed by atoms with Crippen LogP contribution in [0.3, 0.4) is 0 Å². The summed E-state index contributed by atoms with van der Waals surface area (Å²) in [4.78, 5) is 21.8. The van der Waals surface area contributed by atoms with E-state index in [9.17, 15) is 4.79 Å². The van der Waals surface area contributed by atoms with Crippen LogP contribution in [-0.4, -0.2) is 15.8 Å². The minimum atomic E-state index is 0.105. The topological polar surface area (TPSA) is 66.9 Å². The number of ketones is 1. The minimum absolute atomic E-state index is 0.105. The molecular formula is C22H22N4O. The molecule has 0 radical (unpaired) electrons. The first kappa shape index (κ1) is 17.2. The molecule has 0 saturated heterocycles. The molecule has 3 aromatic rings. The zero-order valence-electron chi connectivity index (χ0n) is 15.5. The van der Waals surface area contributed by atoms with Gasteiger partial charge in [-0.2, -0.15) is 4.98 Å². The first-order valence-corrected chi connectivity index (χ1v) is 9.20. The van der Waals surface area contributed by atoms with Crippen LogP contribution in [0.2, 0.25) is 0 Å². The number of aryl methyl sites for hydroxylation is 3. The van der Waals surface area contributed by atoms with Crippen LogP contribution >= 0.6 is 0 Å². The molecule has 0 unspecified atom stereocenters. The van der Waals surface area contributed by atoms with E-state index < -0.39 is 0 Å². The number of aromatic nitrogens is 2. The SMILES string of the molecule is Cc1cccc(Nc2nc3c(c(Nc4cccc(C)c4)n2)C(=O)CCC3)c1. The van der Waals surface area contributed by atoms with Gasteiger partial charge in [0.15, 0.2) is 5.78 Å². The second kappa shape index (κ2) is 7.19. The van der Waals surface area contributed by atoms with Crippen molar-refractivity contribution < 1.29 is 4.79 Å². The molecule has 1 heterocycles. The number of anilines is 4. The fourth-order valence-corrected chi connectivity index (χ4v) is 3.38. The van der Waals surface area contributed by atoms with Crippen LogP contribution < -0.4 is 10.6 Å². The van der Waals surface area contributed by atoms with Crippen molar-refractivity contribution in [3.05, 3.63) is 70.9 Å². The maximum Gasteiger partial charge on any atom is 0.229 e. The molecule has 1 aliphatic rings. The normalized spacial score (nSPS) is 13.2. The number of nitrogens with zero attached hydrogens (tertiary/aromatic N) is 2. The Morgan fingerprint density at radius 1 is 0.852 bits per heavy atom. The summed E-state index contributed by atoms with van der Waals surface area (Å²) < 4.78 is 0. The van der Waals surface area contributed by atoms with E-state index >= 15 is 0 Å². The highest BCUT2D eigenvalue weighted by Gasteiger charge is 2.24. The number of Topliss-reactive ketones (excluding diaryl/α,β-unsaturated/α-hetero) is 1. The molecule has 0 spiro atoms. The van der Waals surface area contributed by atoms with Crippen LogP contribution in [-0.2, 0) is 6.42 Å². The number of carbonyl (C=O) groups excluding carboxylic acids is 1. The van der Waals surface area contributed by atoms with Gasteiger partial charge in [0.05, 0.1) is 11.3 Å². The number of fused-ring (bicyclic) bond motifs is 1. The van der Waals surface area contributed by atoms with E-state index in [1.807, 2.05) is 62.4 Å². The van der Waals surface area contributed by atoms with Crippen molar-refractivity contribution >= 4 is 28.9 Å². The molecule has 4 rings (SSSR count). The predicted molar refractivity (Wildman–Crippen MR) is 108 cm³/mol. The number of hydrogen-bond acceptors (Lipinski definition) is 5. The first-order valence-electron chi connectivity index (χ1n) is 9.20. The quantitative estimate of drug-likeness (QED) is 0.679. The van der Waals surface area contributed by atoms with Crippen molar-refractivity contribution in [3.8, 4) is 0 Å². The maximum absolute atomic E-state index is 12.5. The Balaban J connectivity index is 1.74. The molecule has 27 heavy (non-hydrogen) atoms. The maximum atomic E-state index is 12.5. The van der Waals surface area contributed by atoms with Gasteiger partial charge in [-0.05, 0) is 62.1 Å². The largest absolute Gasteiger partial charge is 0.339 e. The van der Waals surface area contributed by atoms with Gasteiger partial charge < -0.3 is 10.6 Å². The molecule has 0 fully saturated rings. The van der Waals surface area contributed by atoms with Crippen molar-refractivity contribution in [2.24, 2.45) is 0 Å². The Morgan fingerprint density at radius 2 is 1.52 bits per heavy atom. The standard InChI is InChI=1S/C22H22N4O/c1-14-6-3-8-16(12-14)23-21-20-18(10-5-11-19(20)27)25-22(26-21)24-17-9-4-7-15(2)13-17/h3-4,6-9,12-13H,5,10-11H2,1-2H3,(H2,23,24,25,26). The van der Waals surface area contributed by atoms with Crippen LogP contribution in [0.4, 0.5) is 23.1 Å². The molecule has 1 aliphatic carbocycles. The van der Waals surface area contributed by atoms with E-state index in [2.05, 4.69) is 20.6 Å². The summed E-state index contributed by atoms with van der Waals surface area (Å²) in [6, 6.07) is 16.1. The predicted octanol–water partition coefficient (Wildman–Crippen LogP) is 5.10. The highest BCUT2D eigenvalue weighted by Crippen LogP contribution is 2.30. The summed E-state index contributed by atoms with van der Waals surface area (Å²) in [6.07, 6.45) is 2.16. The lowest BCUT2D eigenvalue weighted by Crippen LogP contribution is -2.17. The molecule has 2 aromatic carbocycles. The summed E-state index contributed by atoms with van der Waals surface area (Å²) in [5.41, 5.74) is 5.58. The van der Waals surface area contributed by atoms with E-state index in [1.54, 1.807) is 0 Å². The summed E-state index contributed by atoms with van der Waals surface area (Å²) in [7, 11) is 0. The van der Waals surface area contributed by atoms with Gasteiger partial charge in [0.2, 0.25) is 5.95 Å². The van der Waals surface area contributed by atoms with E-state index in [0.29, 0.717) is 23.8 Å². The Bertz CT molecular complexity index is 1010. The third kappa shape index (κ3) is 3.82. The zero-order chi connectivity index (χ0) is 18.8. The lowest BCUT2D eigenvalue weighted by molar-refractivity contribution is 0.0972. The van der Waals surface area contributed by atoms with Crippen LogP contribution in [0.15, 0.2) is 48.5 Å². The van der Waals surface area contributed by atoms with E-state index in [0.717, 1.165) is 41.0 Å². The zero-order valence-corrected chi connectivity index (χ0v) is 15.5. The van der Waals surface area contributed by atoms with Crippen LogP contribution in [0, 0.1) is 13.8 Å². The van der Waals surface area contributed by atoms with Gasteiger partial charge >= 0.3 is 0 Å².